The minimum absolute atomic E-state index is 0.0901. The topological polar surface area (TPSA) is 122 Å². The van der Waals surface area contributed by atoms with Crippen LogP contribution >= 0.6 is 0 Å². The molecule has 7 nitrogen and oxygen atoms in total. The smallest absolute Gasteiger partial charge is 0.320 e. The highest BCUT2D eigenvalue weighted by atomic mass is 19.1. The zero-order valence-electron chi connectivity index (χ0n) is 11.4. The third kappa shape index (κ3) is 5.44. The van der Waals surface area contributed by atoms with Crippen molar-refractivity contribution in [2.45, 2.75) is 12.5 Å². The zero-order chi connectivity index (χ0) is 16.7. The molecule has 0 heterocycles. The van der Waals surface area contributed by atoms with Crippen molar-refractivity contribution >= 4 is 29.2 Å². The summed E-state index contributed by atoms with van der Waals surface area (Å²) >= 11 is 0. The fourth-order valence-corrected chi connectivity index (χ4v) is 1.68. The van der Waals surface area contributed by atoms with Gasteiger partial charge in [-0.25, -0.2) is 8.78 Å². The first kappa shape index (κ1) is 17.5. The van der Waals surface area contributed by atoms with Crippen molar-refractivity contribution in [2.75, 3.05) is 24.0 Å². The molecule has 0 aliphatic carbocycles. The van der Waals surface area contributed by atoms with E-state index in [1.807, 2.05) is 0 Å². The maximum absolute atomic E-state index is 12.2. The lowest BCUT2D eigenvalue weighted by atomic mass is 10.0. The first-order valence-corrected chi connectivity index (χ1v) is 6.19. The molecule has 1 aromatic rings. The SMILES string of the molecule is N[C@@H](Cc1cc(NC(=O)CF)cc(NC(=O)CF)c1)C(=O)O. The molecule has 0 fully saturated rings. The molecular weight excluding hydrogens is 300 g/mol. The van der Waals surface area contributed by atoms with Gasteiger partial charge in [0.15, 0.2) is 13.3 Å². The van der Waals surface area contributed by atoms with Crippen molar-refractivity contribution in [1.29, 1.82) is 0 Å². The van der Waals surface area contributed by atoms with Crippen molar-refractivity contribution < 1.29 is 28.3 Å². The molecule has 1 rings (SSSR count). The highest BCUT2D eigenvalue weighted by Gasteiger charge is 2.14. The summed E-state index contributed by atoms with van der Waals surface area (Å²) in [5.74, 6) is -3.06. The number of benzene rings is 1. The van der Waals surface area contributed by atoms with Crippen LogP contribution < -0.4 is 16.4 Å². The van der Waals surface area contributed by atoms with Gasteiger partial charge in [0, 0.05) is 11.4 Å². The molecule has 0 aromatic heterocycles. The molecule has 0 unspecified atom stereocenters. The highest BCUT2D eigenvalue weighted by molar-refractivity contribution is 5.95. The van der Waals surface area contributed by atoms with E-state index in [1.165, 1.54) is 18.2 Å². The zero-order valence-corrected chi connectivity index (χ0v) is 11.4. The second-order valence-electron chi connectivity index (χ2n) is 4.43. The van der Waals surface area contributed by atoms with Crippen LogP contribution in [0.4, 0.5) is 20.2 Å². The molecule has 0 bridgehead atoms. The van der Waals surface area contributed by atoms with Crippen LogP contribution in [0.25, 0.3) is 0 Å². The number of aliphatic carboxylic acids is 1. The molecule has 0 saturated heterocycles. The standard InChI is InChI=1S/C13H15F2N3O4/c14-5-11(19)17-8-1-7(3-10(16)13(21)22)2-9(4-8)18-12(20)6-15/h1-2,4,10H,3,5-6,16H2,(H,17,19)(H,18,20)(H,21,22)/t10-/m0/s1. The Morgan fingerprint density at radius 3 is 1.86 bits per heavy atom. The van der Waals surface area contributed by atoms with Gasteiger partial charge in [-0.15, -0.1) is 0 Å². The minimum atomic E-state index is -1.25. The van der Waals surface area contributed by atoms with E-state index < -0.39 is 37.2 Å². The quantitative estimate of drug-likeness (QED) is 0.582. The van der Waals surface area contributed by atoms with E-state index in [2.05, 4.69) is 10.6 Å². The number of carboxylic acids is 1. The molecule has 0 aliphatic heterocycles. The number of nitrogens with one attached hydrogen (secondary N) is 2. The van der Waals surface area contributed by atoms with E-state index in [-0.39, 0.29) is 17.8 Å². The Hall–Kier alpha value is -2.55. The second-order valence-corrected chi connectivity index (χ2v) is 4.43. The van der Waals surface area contributed by atoms with Crippen molar-refractivity contribution in [3.05, 3.63) is 23.8 Å². The molecule has 5 N–H and O–H groups in total. The van der Waals surface area contributed by atoms with Gasteiger partial charge in [0.2, 0.25) is 0 Å². The predicted octanol–water partition coefficient (Wildman–Crippen LogP) is 0.457. The maximum Gasteiger partial charge on any atom is 0.320 e. The number of amides is 2. The van der Waals surface area contributed by atoms with Crippen molar-refractivity contribution in [3.63, 3.8) is 0 Å². The Morgan fingerprint density at radius 2 is 1.50 bits per heavy atom. The van der Waals surface area contributed by atoms with E-state index in [1.54, 1.807) is 0 Å². The van der Waals surface area contributed by atoms with E-state index >= 15 is 0 Å². The fraction of sp³-hybridized carbons (Fsp3) is 0.308. The maximum atomic E-state index is 12.2. The summed E-state index contributed by atoms with van der Waals surface area (Å²) in [4.78, 5) is 32.9. The van der Waals surface area contributed by atoms with Gasteiger partial charge in [-0.3, -0.25) is 14.4 Å². The van der Waals surface area contributed by atoms with Gasteiger partial charge < -0.3 is 21.5 Å². The Kier molecular flexibility index (Phi) is 6.39. The summed E-state index contributed by atoms with van der Waals surface area (Å²) in [7, 11) is 0. The van der Waals surface area contributed by atoms with E-state index in [0.717, 1.165) is 0 Å². The van der Waals surface area contributed by atoms with Crippen LogP contribution in [0, 0.1) is 0 Å². The largest absolute Gasteiger partial charge is 0.480 e. The van der Waals surface area contributed by atoms with Crippen LogP contribution in [0.2, 0.25) is 0 Å². The summed E-state index contributed by atoms with van der Waals surface area (Å²) in [6.07, 6.45) is -0.0901. The van der Waals surface area contributed by atoms with Crippen LogP contribution in [0.3, 0.4) is 0 Å². The average Bonchev–Trinajstić information content (AvgIpc) is 2.46. The van der Waals surface area contributed by atoms with Gasteiger partial charge in [0.05, 0.1) is 0 Å². The van der Waals surface area contributed by atoms with Gasteiger partial charge in [-0.2, -0.15) is 0 Å². The number of halogens is 2. The lowest BCUT2D eigenvalue weighted by Gasteiger charge is -2.12. The third-order valence-corrected chi connectivity index (χ3v) is 2.58. The van der Waals surface area contributed by atoms with Crippen LogP contribution in [0.5, 0.6) is 0 Å². The van der Waals surface area contributed by atoms with E-state index in [4.69, 9.17) is 10.8 Å². The molecule has 120 valence electrons. The molecule has 0 aliphatic rings. The Labute approximate surface area is 124 Å². The molecule has 0 radical (unpaired) electrons. The number of alkyl halides is 2. The third-order valence-electron chi connectivity index (χ3n) is 2.58. The number of carboxylic acid groups (broad SMARTS) is 1. The molecule has 22 heavy (non-hydrogen) atoms. The molecular formula is C13H15F2N3O4. The Morgan fingerprint density at radius 1 is 1.05 bits per heavy atom. The van der Waals surface area contributed by atoms with Gasteiger partial charge in [0.25, 0.3) is 11.8 Å². The molecule has 1 atom stereocenters. The lowest BCUT2D eigenvalue weighted by molar-refractivity contribution is -0.138. The predicted molar refractivity (Wildman–Crippen MR) is 75.0 cm³/mol. The van der Waals surface area contributed by atoms with Gasteiger partial charge >= 0.3 is 5.97 Å². The highest BCUT2D eigenvalue weighted by Crippen LogP contribution is 2.20. The van der Waals surface area contributed by atoms with E-state index in [0.29, 0.717) is 5.56 Å². The molecule has 0 saturated carbocycles. The first-order chi connectivity index (χ1) is 10.3. The van der Waals surface area contributed by atoms with Crippen molar-refractivity contribution in [3.8, 4) is 0 Å². The normalized spacial score (nSPS) is 11.6. The number of hydrogen-bond donors (Lipinski definition) is 4. The molecule has 1 aromatic carbocycles. The molecule has 9 heteroatoms. The Bertz CT molecular complexity index is 544. The number of rotatable bonds is 7. The minimum Gasteiger partial charge on any atom is -0.480 e. The van der Waals surface area contributed by atoms with E-state index in [9.17, 15) is 23.2 Å². The summed E-state index contributed by atoms with van der Waals surface area (Å²) < 4.78 is 24.4. The van der Waals surface area contributed by atoms with Crippen molar-refractivity contribution in [2.24, 2.45) is 5.73 Å². The monoisotopic (exact) mass is 315 g/mol. The summed E-state index contributed by atoms with van der Waals surface area (Å²) in [5.41, 5.74) is 6.05. The first-order valence-electron chi connectivity index (χ1n) is 6.19. The number of anilines is 2. The molecule has 2 amide bonds. The average molecular weight is 315 g/mol. The Balaban J connectivity index is 3.05. The van der Waals surface area contributed by atoms with Gasteiger partial charge in [-0.05, 0) is 30.2 Å². The van der Waals surface area contributed by atoms with Crippen LogP contribution in [-0.2, 0) is 20.8 Å². The fourth-order valence-electron chi connectivity index (χ4n) is 1.68. The number of nitrogens with two attached hydrogens (primary N) is 1. The lowest BCUT2D eigenvalue weighted by Crippen LogP contribution is -2.32. The van der Waals surface area contributed by atoms with Crippen molar-refractivity contribution in [1.82, 2.24) is 0 Å². The number of hydrogen-bond acceptors (Lipinski definition) is 4. The van der Waals surface area contributed by atoms with Crippen LogP contribution in [0.1, 0.15) is 5.56 Å². The van der Waals surface area contributed by atoms with Crippen LogP contribution in [0.15, 0.2) is 18.2 Å². The summed E-state index contributed by atoms with van der Waals surface area (Å²) in [6, 6.07) is 2.87. The molecule has 0 spiro atoms. The van der Waals surface area contributed by atoms with Crippen LogP contribution in [-0.4, -0.2) is 42.3 Å². The van der Waals surface area contributed by atoms with Gasteiger partial charge in [-0.1, -0.05) is 0 Å². The summed E-state index contributed by atoms with van der Waals surface area (Å²) in [6.45, 7) is -2.49. The summed E-state index contributed by atoms with van der Waals surface area (Å²) in [5, 5.41) is 13.2. The number of carbonyl (C=O) groups is 3. The number of carbonyl (C=O) groups excluding carboxylic acids is 2. The van der Waals surface area contributed by atoms with Gasteiger partial charge in [0.1, 0.15) is 6.04 Å². The second kappa shape index (κ2) is 8.03.